The summed E-state index contributed by atoms with van der Waals surface area (Å²) >= 11 is 0. The van der Waals surface area contributed by atoms with Gasteiger partial charge in [0.2, 0.25) is 0 Å². The Morgan fingerprint density at radius 1 is 1.28 bits per heavy atom. The van der Waals surface area contributed by atoms with Crippen LogP contribution >= 0.6 is 0 Å². The maximum Gasteiger partial charge on any atom is 0.325 e. The molecule has 0 bridgehead atoms. The summed E-state index contributed by atoms with van der Waals surface area (Å²) in [5.74, 6) is -0.401. The smallest absolute Gasteiger partial charge is 0.325 e. The Kier molecular flexibility index (Phi) is 4.15. The average molecular weight is 249 g/mol. The lowest BCUT2D eigenvalue weighted by Gasteiger charge is -2.27. The highest BCUT2D eigenvalue weighted by Crippen LogP contribution is 2.24. The molecule has 1 fully saturated rings. The number of hydrogen-bond acceptors (Lipinski definition) is 4. The maximum absolute atomic E-state index is 11.5. The van der Waals surface area contributed by atoms with Crippen LogP contribution < -0.4 is 5.73 Å². The van der Waals surface area contributed by atoms with Crippen LogP contribution in [-0.2, 0) is 4.79 Å². The van der Waals surface area contributed by atoms with Crippen molar-refractivity contribution >= 4 is 11.8 Å². The van der Waals surface area contributed by atoms with Crippen LogP contribution in [0.5, 0.6) is 0 Å². The zero-order valence-corrected chi connectivity index (χ0v) is 10.4. The van der Waals surface area contributed by atoms with Gasteiger partial charge in [-0.3, -0.25) is 9.69 Å². The predicted molar refractivity (Wildman–Crippen MR) is 69.1 cm³/mol. The summed E-state index contributed by atoms with van der Waals surface area (Å²) in [5, 5.41) is 9.44. The quantitative estimate of drug-likeness (QED) is 0.851. The first kappa shape index (κ1) is 12.8. The van der Waals surface area contributed by atoms with E-state index >= 15 is 0 Å². The van der Waals surface area contributed by atoms with Gasteiger partial charge in [-0.25, -0.2) is 4.98 Å². The second kappa shape index (κ2) is 5.82. The SMILES string of the molecule is Nc1ccc([C@H](C(=O)O)N2CCCCCC2)cn1. The number of nitrogens with zero attached hydrogens (tertiary/aromatic N) is 2. The van der Waals surface area contributed by atoms with Crippen molar-refractivity contribution in [3.8, 4) is 0 Å². The van der Waals surface area contributed by atoms with Crippen LogP contribution in [0.1, 0.15) is 37.3 Å². The molecule has 0 spiro atoms. The van der Waals surface area contributed by atoms with Gasteiger partial charge in [0.1, 0.15) is 11.9 Å². The summed E-state index contributed by atoms with van der Waals surface area (Å²) in [6, 6.07) is 2.81. The first-order chi connectivity index (χ1) is 8.68. The summed E-state index contributed by atoms with van der Waals surface area (Å²) in [6.45, 7) is 1.67. The molecule has 98 valence electrons. The van der Waals surface area contributed by atoms with Gasteiger partial charge < -0.3 is 10.8 Å². The fraction of sp³-hybridized carbons (Fsp3) is 0.538. The summed E-state index contributed by atoms with van der Waals surface area (Å²) < 4.78 is 0. The average Bonchev–Trinajstić information content (AvgIpc) is 2.60. The number of anilines is 1. The molecule has 5 heteroatoms. The van der Waals surface area contributed by atoms with E-state index in [-0.39, 0.29) is 0 Å². The van der Waals surface area contributed by atoms with Crippen LogP contribution in [0.25, 0.3) is 0 Å². The monoisotopic (exact) mass is 249 g/mol. The van der Waals surface area contributed by atoms with Crippen molar-refractivity contribution in [2.24, 2.45) is 0 Å². The maximum atomic E-state index is 11.5. The van der Waals surface area contributed by atoms with E-state index in [1.165, 1.54) is 12.8 Å². The number of nitrogen functional groups attached to an aromatic ring is 1. The molecule has 2 heterocycles. The van der Waals surface area contributed by atoms with E-state index < -0.39 is 12.0 Å². The van der Waals surface area contributed by atoms with E-state index in [1.807, 2.05) is 4.90 Å². The first-order valence-electron chi connectivity index (χ1n) is 6.37. The molecule has 5 nitrogen and oxygen atoms in total. The van der Waals surface area contributed by atoms with E-state index in [0.717, 1.165) is 25.9 Å². The van der Waals surface area contributed by atoms with Gasteiger partial charge >= 0.3 is 5.97 Å². The zero-order chi connectivity index (χ0) is 13.0. The molecular weight excluding hydrogens is 230 g/mol. The number of nitrogens with two attached hydrogens (primary N) is 1. The third kappa shape index (κ3) is 2.98. The highest BCUT2D eigenvalue weighted by atomic mass is 16.4. The lowest BCUT2D eigenvalue weighted by molar-refractivity contribution is -0.143. The summed E-state index contributed by atoms with van der Waals surface area (Å²) in [6.07, 6.45) is 6.06. The van der Waals surface area contributed by atoms with Crippen molar-refractivity contribution in [2.75, 3.05) is 18.8 Å². The Labute approximate surface area is 107 Å². The molecule has 2 rings (SSSR count). The minimum Gasteiger partial charge on any atom is -0.480 e. The van der Waals surface area contributed by atoms with Crippen LogP contribution in [0.4, 0.5) is 5.82 Å². The number of hydrogen-bond donors (Lipinski definition) is 2. The molecule has 1 atom stereocenters. The molecular formula is C13H19N3O2. The van der Waals surface area contributed by atoms with Gasteiger partial charge in [0.15, 0.2) is 0 Å². The molecule has 1 aliphatic heterocycles. The molecule has 1 aromatic heterocycles. The van der Waals surface area contributed by atoms with Gasteiger partial charge in [-0.1, -0.05) is 18.9 Å². The highest BCUT2D eigenvalue weighted by Gasteiger charge is 2.27. The number of pyridine rings is 1. The van der Waals surface area contributed by atoms with Crippen molar-refractivity contribution in [3.63, 3.8) is 0 Å². The van der Waals surface area contributed by atoms with Crippen molar-refractivity contribution in [1.82, 2.24) is 9.88 Å². The lowest BCUT2D eigenvalue weighted by Crippen LogP contribution is -2.35. The standard InChI is InChI=1S/C13H19N3O2/c14-11-6-5-10(9-15-11)12(13(17)18)16-7-3-1-2-4-8-16/h5-6,9,12H,1-4,7-8H2,(H2,14,15)(H,17,18)/t12-/m1/s1. The molecule has 3 N–H and O–H groups in total. The molecule has 0 saturated carbocycles. The largest absolute Gasteiger partial charge is 0.480 e. The van der Waals surface area contributed by atoms with Gasteiger partial charge in [0.25, 0.3) is 0 Å². The van der Waals surface area contributed by atoms with E-state index in [1.54, 1.807) is 18.3 Å². The highest BCUT2D eigenvalue weighted by molar-refractivity contribution is 5.75. The van der Waals surface area contributed by atoms with Crippen LogP contribution in [-0.4, -0.2) is 34.0 Å². The second-order valence-corrected chi connectivity index (χ2v) is 4.71. The molecule has 0 amide bonds. The Balaban J connectivity index is 2.21. The fourth-order valence-electron chi connectivity index (χ4n) is 2.44. The van der Waals surface area contributed by atoms with E-state index in [9.17, 15) is 9.90 Å². The molecule has 0 unspecified atom stereocenters. The van der Waals surface area contributed by atoms with Crippen LogP contribution in [0.3, 0.4) is 0 Å². The Morgan fingerprint density at radius 3 is 2.44 bits per heavy atom. The van der Waals surface area contributed by atoms with E-state index in [2.05, 4.69) is 4.98 Å². The van der Waals surface area contributed by atoms with Crippen molar-refractivity contribution in [2.45, 2.75) is 31.7 Å². The third-order valence-electron chi connectivity index (χ3n) is 3.36. The summed E-state index contributed by atoms with van der Waals surface area (Å²) in [5.41, 5.74) is 6.24. The Hall–Kier alpha value is -1.62. The lowest BCUT2D eigenvalue weighted by atomic mass is 10.1. The fourth-order valence-corrected chi connectivity index (χ4v) is 2.44. The molecule has 1 aliphatic rings. The van der Waals surface area contributed by atoms with Crippen LogP contribution in [0, 0.1) is 0 Å². The van der Waals surface area contributed by atoms with Gasteiger partial charge in [0.05, 0.1) is 0 Å². The van der Waals surface area contributed by atoms with Gasteiger partial charge in [0, 0.05) is 6.20 Å². The first-order valence-corrected chi connectivity index (χ1v) is 6.37. The second-order valence-electron chi connectivity index (χ2n) is 4.71. The van der Waals surface area contributed by atoms with Crippen molar-refractivity contribution in [3.05, 3.63) is 23.9 Å². The number of rotatable bonds is 3. The molecule has 0 radical (unpaired) electrons. The van der Waals surface area contributed by atoms with Crippen LogP contribution in [0.2, 0.25) is 0 Å². The predicted octanol–water partition coefficient (Wildman–Crippen LogP) is 1.67. The van der Waals surface area contributed by atoms with Crippen molar-refractivity contribution in [1.29, 1.82) is 0 Å². The molecule has 1 saturated heterocycles. The van der Waals surface area contributed by atoms with Gasteiger partial charge in [-0.15, -0.1) is 0 Å². The van der Waals surface area contributed by atoms with Crippen molar-refractivity contribution < 1.29 is 9.90 Å². The Bertz CT molecular complexity index is 397. The summed E-state index contributed by atoms with van der Waals surface area (Å²) in [7, 11) is 0. The molecule has 0 aromatic carbocycles. The number of carbonyl (C=O) groups is 1. The molecule has 18 heavy (non-hydrogen) atoms. The minimum atomic E-state index is -0.816. The topological polar surface area (TPSA) is 79.5 Å². The minimum absolute atomic E-state index is 0.416. The third-order valence-corrected chi connectivity index (χ3v) is 3.36. The molecule has 0 aliphatic carbocycles. The normalized spacial score (nSPS) is 19.1. The number of aromatic nitrogens is 1. The van der Waals surface area contributed by atoms with E-state index in [0.29, 0.717) is 11.4 Å². The van der Waals surface area contributed by atoms with Gasteiger partial charge in [-0.05, 0) is 37.6 Å². The zero-order valence-electron chi connectivity index (χ0n) is 10.4. The number of carboxylic acids is 1. The van der Waals surface area contributed by atoms with Gasteiger partial charge in [-0.2, -0.15) is 0 Å². The number of aliphatic carboxylic acids is 1. The number of carboxylic acid groups (broad SMARTS) is 1. The molecule has 1 aromatic rings. The van der Waals surface area contributed by atoms with E-state index in [4.69, 9.17) is 5.73 Å². The Morgan fingerprint density at radius 2 is 1.94 bits per heavy atom. The van der Waals surface area contributed by atoms with Crippen LogP contribution in [0.15, 0.2) is 18.3 Å². The number of likely N-dealkylation sites (tertiary alicyclic amines) is 1. The summed E-state index contributed by atoms with van der Waals surface area (Å²) in [4.78, 5) is 17.5.